The highest BCUT2D eigenvalue weighted by Crippen LogP contribution is 2.29. The summed E-state index contributed by atoms with van der Waals surface area (Å²) in [6.07, 6.45) is 2.96. The molecule has 1 unspecified atom stereocenters. The molecule has 1 aliphatic carbocycles. The van der Waals surface area contributed by atoms with Gasteiger partial charge in [-0.2, -0.15) is 0 Å². The monoisotopic (exact) mass is 395 g/mol. The van der Waals surface area contributed by atoms with Crippen molar-refractivity contribution >= 4 is 11.9 Å². The fourth-order valence-electron chi connectivity index (χ4n) is 3.71. The van der Waals surface area contributed by atoms with E-state index in [9.17, 15) is 9.59 Å². The van der Waals surface area contributed by atoms with Crippen LogP contribution in [0.2, 0.25) is 0 Å². The topological polar surface area (TPSA) is 64.6 Å². The summed E-state index contributed by atoms with van der Waals surface area (Å²) < 4.78 is 10.8. The Morgan fingerprint density at radius 3 is 2.72 bits per heavy atom. The molecule has 1 aliphatic rings. The maximum atomic E-state index is 12.3. The predicted octanol–water partition coefficient (Wildman–Crippen LogP) is 4.23. The van der Waals surface area contributed by atoms with Crippen molar-refractivity contribution in [1.82, 2.24) is 5.32 Å². The molecule has 1 amide bonds. The van der Waals surface area contributed by atoms with Gasteiger partial charge in [-0.25, -0.2) is 4.79 Å². The first-order valence-electron chi connectivity index (χ1n) is 10.2. The van der Waals surface area contributed by atoms with Gasteiger partial charge in [-0.05, 0) is 60.4 Å². The quantitative estimate of drug-likeness (QED) is 0.713. The number of esters is 1. The van der Waals surface area contributed by atoms with E-state index >= 15 is 0 Å². The normalized spacial score (nSPS) is 15.5. The number of ether oxygens (including phenoxy) is 2. The van der Waals surface area contributed by atoms with Gasteiger partial charge in [0.25, 0.3) is 5.91 Å². The van der Waals surface area contributed by atoms with E-state index in [1.807, 2.05) is 43.3 Å². The molecule has 2 aromatic carbocycles. The lowest BCUT2D eigenvalue weighted by Crippen LogP contribution is -2.34. The first-order chi connectivity index (χ1) is 13.9. The molecule has 3 rings (SSSR count). The highest BCUT2D eigenvalue weighted by molar-refractivity contribution is 5.81. The Balaban J connectivity index is 1.48. The van der Waals surface area contributed by atoms with Gasteiger partial charge in [-0.15, -0.1) is 0 Å². The van der Waals surface area contributed by atoms with E-state index in [0.717, 1.165) is 36.0 Å². The van der Waals surface area contributed by atoms with Gasteiger partial charge < -0.3 is 14.8 Å². The molecule has 2 aromatic rings. The van der Waals surface area contributed by atoms with Crippen molar-refractivity contribution in [1.29, 1.82) is 0 Å². The maximum absolute atomic E-state index is 12.3. The second-order valence-corrected chi connectivity index (χ2v) is 7.86. The first-order valence-corrected chi connectivity index (χ1v) is 10.2. The zero-order chi connectivity index (χ0) is 20.8. The summed E-state index contributed by atoms with van der Waals surface area (Å²) in [5.74, 6) is 0.116. The summed E-state index contributed by atoms with van der Waals surface area (Å²) in [7, 11) is 0. The maximum Gasteiger partial charge on any atom is 0.344 e. The highest BCUT2D eigenvalue weighted by atomic mass is 16.6. The molecule has 0 heterocycles. The molecule has 0 spiro atoms. The number of hydrogen-bond acceptors (Lipinski definition) is 4. The Bertz CT molecular complexity index is 875. The third kappa shape index (κ3) is 5.59. The molecule has 29 heavy (non-hydrogen) atoms. The van der Waals surface area contributed by atoms with Crippen molar-refractivity contribution in [2.45, 2.75) is 52.0 Å². The van der Waals surface area contributed by atoms with Crippen molar-refractivity contribution in [3.8, 4) is 5.75 Å². The van der Waals surface area contributed by atoms with Crippen LogP contribution in [0, 0.1) is 6.92 Å². The van der Waals surface area contributed by atoms with Gasteiger partial charge in [0.2, 0.25) is 0 Å². The van der Waals surface area contributed by atoms with Crippen LogP contribution in [-0.2, 0) is 20.7 Å². The molecule has 0 saturated carbocycles. The number of fused-ring (bicyclic) bond motifs is 1. The van der Waals surface area contributed by atoms with Gasteiger partial charge in [0, 0.05) is 0 Å². The summed E-state index contributed by atoms with van der Waals surface area (Å²) in [5, 5.41) is 2.98. The standard InChI is InChI=1S/C24H29NO4/c1-16(2)19-12-11-17(3)13-22(19)28-15-24(27)29-14-23(26)25-21-10-6-8-18-7-4-5-9-20(18)21/h4-5,7,9,11-13,16,21H,6,8,10,14-15H2,1-3H3,(H,25,26). The van der Waals surface area contributed by atoms with E-state index in [2.05, 4.69) is 25.2 Å². The zero-order valence-corrected chi connectivity index (χ0v) is 17.4. The van der Waals surface area contributed by atoms with Crippen molar-refractivity contribution in [2.75, 3.05) is 13.2 Å². The largest absolute Gasteiger partial charge is 0.482 e. The average molecular weight is 395 g/mol. The minimum atomic E-state index is -0.555. The number of benzene rings is 2. The van der Waals surface area contributed by atoms with Crippen LogP contribution in [0.15, 0.2) is 42.5 Å². The smallest absolute Gasteiger partial charge is 0.344 e. The fourth-order valence-corrected chi connectivity index (χ4v) is 3.71. The van der Waals surface area contributed by atoms with Crippen molar-refractivity contribution in [3.05, 3.63) is 64.7 Å². The zero-order valence-electron chi connectivity index (χ0n) is 17.4. The van der Waals surface area contributed by atoms with Crippen molar-refractivity contribution < 1.29 is 19.1 Å². The van der Waals surface area contributed by atoms with E-state index in [4.69, 9.17) is 9.47 Å². The lowest BCUT2D eigenvalue weighted by Gasteiger charge is -2.26. The lowest BCUT2D eigenvalue weighted by molar-refractivity contribution is -0.150. The van der Waals surface area contributed by atoms with Gasteiger partial charge in [-0.3, -0.25) is 4.79 Å². The molecule has 5 nitrogen and oxygen atoms in total. The molecule has 0 fully saturated rings. The molecule has 1 atom stereocenters. The summed E-state index contributed by atoms with van der Waals surface area (Å²) in [6.45, 7) is 5.60. The van der Waals surface area contributed by atoms with Crippen LogP contribution in [-0.4, -0.2) is 25.1 Å². The van der Waals surface area contributed by atoms with Gasteiger partial charge in [-0.1, -0.05) is 50.2 Å². The number of hydrogen-bond donors (Lipinski definition) is 1. The van der Waals surface area contributed by atoms with Crippen molar-refractivity contribution in [3.63, 3.8) is 0 Å². The van der Waals surface area contributed by atoms with E-state index in [-0.39, 0.29) is 31.1 Å². The van der Waals surface area contributed by atoms with Crippen LogP contribution in [0.1, 0.15) is 60.9 Å². The third-order valence-corrected chi connectivity index (χ3v) is 5.21. The number of nitrogens with one attached hydrogen (secondary N) is 1. The molecule has 0 saturated heterocycles. The van der Waals surface area contributed by atoms with Crippen LogP contribution in [0.25, 0.3) is 0 Å². The summed E-state index contributed by atoms with van der Waals surface area (Å²) in [4.78, 5) is 24.3. The SMILES string of the molecule is Cc1ccc(C(C)C)c(OCC(=O)OCC(=O)NC2CCCc3ccccc32)c1. The molecule has 154 valence electrons. The van der Waals surface area contributed by atoms with Gasteiger partial charge >= 0.3 is 5.97 Å². The Morgan fingerprint density at radius 2 is 1.93 bits per heavy atom. The molecule has 0 aromatic heterocycles. The van der Waals surface area contributed by atoms with Crippen molar-refractivity contribution in [2.24, 2.45) is 0 Å². The fraction of sp³-hybridized carbons (Fsp3) is 0.417. The molecular weight excluding hydrogens is 366 g/mol. The van der Waals surface area contributed by atoms with Crippen LogP contribution in [0.4, 0.5) is 0 Å². The number of carbonyl (C=O) groups is 2. The van der Waals surface area contributed by atoms with E-state index in [1.165, 1.54) is 5.56 Å². The lowest BCUT2D eigenvalue weighted by atomic mass is 9.88. The van der Waals surface area contributed by atoms with Crippen LogP contribution < -0.4 is 10.1 Å². The molecule has 1 N–H and O–H groups in total. The van der Waals surface area contributed by atoms with Crippen LogP contribution >= 0.6 is 0 Å². The third-order valence-electron chi connectivity index (χ3n) is 5.21. The summed E-state index contributed by atoms with van der Waals surface area (Å²) in [6, 6.07) is 14.1. The van der Waals surface area contributed by atoms with E-state index in [1.54, 1.807) is 0 Å². The molecule has 0 radical (unpaired) electrons. The second-order valence-electron chi connectivity index (χ2n) is 7.86. The summed E-state index contributed by atoms with van der Waals surface area (Å²) >= 11 is 0. The van der Waals surface area contributed by atoms with Gasteiger partial charge in [0.15, 0.2) is 13.2 Å². The number of amides is 1. The summed E-state index contributed by atoms with van der Waals surface area (Å²) in [5.41, 5.74) is 4.53. The van der Waals surface area contributed by atoms with E-state index in [0.29, 0.717) is 5.75 Å². The van der Waals surface area contributed by atoms with Gasteiger partial charge in [0.05, 0.1) is 6.04 Å². The molecular formula is C24H29NO4. The van der Waals surface area contributed by atoms with Crippen LogP contribution in [0.5, 0.6) is 5.75 Å². The Hall–Kier alpha value is -2.82. The second kappa shape index (κ2) is 9.59. The number of carbonyl (C=O) groups excluding carboxylic acids is 2. The average Bonchev–Trinajstić information content (AvgIpc) is 2.71. The Labute approximate surface area is 172 Å². The van der Waals surface area contributed by atoms with E-state index < -0.39 is 5.97 Å². The predicted molar refractivity (Wildman–Crippen MR) is 112 cm³/mol. The van der Waals surface area contributed by atoms with Crippen LogP contribution in [0.3, 0.4) is 0 Å². The first kappa shape index (κ1) is 20.9. The van der Waals surface area contributed by atoms with Gasteiger partial charge in [0.1, 0.15) is 5.75 Å². The molecule has 0 aliphatic heterocycles. The molecule has 5 heteroatoms. The Kier molecular flexibility index (Phi) is 6.91. The Morgan fingerprint density at radius 1 is 1.14 bits per heavy atom. The minimum absolute atomic E-state index is 0.0247. The number of rotatable bonds is 7. The minimum Gasteiger partial charge on any atom is -0.482 e. The number of aryl methyl sites for hydroxylation is 2. The molecule has 0 bridgehead atoms. The highest BCUT2D eigenvalue weighted by Gasteiger charge is 2.22.